The number of carbonyl (C=O) groups excluding carboxylic acids is 3. The molecular formula is C27H22Cl2N2O6. The minimum absolute atomic E-state index is 0.0359. The molecule has 2 aromatic carbocycles. The van der Waals surface area contributed by atoms with Crippen molar-refractivity contribution in [1.29, 1.82) is 0 Å². The number of Topliss-reactive ketones (excluding diaryl/α,β-unsaturated/α-hetero) is 1. The maximum Gasteiger partial charge on any atom is 0.338 e. The number of hydrogen-bond donors (Lipinski definition) is 1. The van der Waals surface area contributed by atoms with Crippen LogP contribution in [0.5, 0.6) is 5.75 Å². The number of benzene rings is 2. The normalized spacial score (nSPS) is 16.6. The topological polar surface area (TPSA) is 106 Å². The van der Waals surface area contributed by atoms with Gasteiger partial charge in [0.2, 0.25) is 0 Å². The Hall–Kier alpha value is -3.88. The molecule has 1 unspecified atom stereocenters. The molecule has 0 bridgehead atoms. The predicted octanol–water partition coefficient (Wildman–Crippen LogP) is 5.20. The fourth-order valence-corrected chi connectivity index (χ4v) is 4.77. The lowest BCUT2D eigenvalue weighted by Crippen LogP contribution is -2.29. The Bertz CT molecular complexity index is 1370. The summed E-state index contributed by atoms with van der Waals surface area (Å²) in [5.74, 6) is -2.33. The molecule has 1 aliphatic heterocycles. The van der Waals surface area contributed by atoms with Crippen LogP contribution in [-0.2, 0) is 20.9 Å². The van der Waals surface area contributed by atoms with Gasteiger partial charge in [0, 0.05) is 24.5 Å². The van der Waals surface area contributed by atoms with Gasteiger partial charge in [0.15, 0.2) is 5.75 Å². The number of pyridine rings is 1. The van der Waals surface area contributed by atoms with Crippen LogP contribution < -0.4 is 4.74 Å². The molecule has 10 heteroatoms. The van der Waals surface area contributed by atoms with Crippen molar-refractivity contribution in [3.05, 3.63) is 98.8 Å². The molecule has 1 atom stereocenters. The van der Waals surface area contributed by atoms with Crippen LogP contribution in [0.25, 0.3) is 5.76 Å². The van der Waals surface area contributed by atoms with Crippen LogP contribution in [0, 0.1) is 0 Å². The molecule has 0 radical (unpaired) electrons. The second kappa shape index (κ2) is 11.0. The first kappa shape index (κ1) is 26.2. The second-order valence-electron chi connectivity index (χ2n) is 8.10. The number of aliphatic hydroxyl groups excluding tert-OH is 1. The number of methoxy groups -OCH3 is 1. The first-order valence-corrected chi connectivity index (χ1v) is 12.0. The van der Waals surface area contributed by atoms with E-state index >= 15 is 0 Å². The number of amides is 1. The number of aliphatic hydroxyl groups is 1. The monoisotopic (exact) mass is 540 g/mol. The summed E-state index contributed by atoms with van der Waals surface area (Å²) in [6, 6.07) is 11.8. The average molecular weight is 541 g/mol. The van der Waals surface area contributed by atoms with Gasteiger partial charge in [0.25, 0.3) is 11.7 Å². The van der Waals surface area contributed by atoms with E-state index < -0.39 is 29.5 Å². The van der Waals surface area contributed by atoms with E-state index in [4.69, 9.17) is 32.7 Å². The van der Waals surface area contributed by atoms with E-state index in [1.807, 2.05) is 0 Å². The zero-order chi connectivity index (χ0) is 26.7. The Morgan fingerprint density at radius 3 is 2.32 bits per heavy atom. The van der Waals surface area contributed by atoms with Crippen molar-refractivity contribution >= 4 is 46.6 Å². The van der Waals surface area contributed by atoms with Gasteiger partial charge in [0.05, 0.1) is 40.9 Å². The Labute approximate surface area is 223 Å². The van der Waals surface area contributed by atoms with Gasteiger partial charge in [0.1, 0.15) is 5.76 Å². The summed E-state index contributed by atoms with van der Waals surface area (Å²) in [6.45, 7) is 2.00. The quantitative estimate of drug-likeness (QED) is 0.190. The first-order chi connectivity index (χ1) is 17.8. The molecule has 8 nitrogen and oxygen atoms in total. The average Bonchev–Trinajstić information content (AvgIpc) is 3.14. The number of halogens is 2. The summed E-state index contributed by atoms with van der Waals surface area (Å²) in [6.07, 6.45) is 3.08. The molecule has 2 heterocycles. The minimum Gasteiger partial charge on any atom is -0.507 e. The molecule has 1 saturated heterocycles. The molecule has 1 fully saturated rings. The number of rotatable bonds is 7. The summed E-state index contributed by atoms with van der Waals surface area (Å²) in [7, 11) is 1.40. The molecule has 37 heavy (non-hydrogen) atoms. The molecule has 0 aliphatic carbocycles. The van der Waals surface area contributed by atoms with E-state index in [2.05, 4.69) is 4.98 Å². The Morgan fingerprint density at radius 2 is 1.76 bits per heavy atom. The van der Waals surface area contributed by atoms with Crippen LogP contribution in [-0.4, -0.2) is 46.4 Å². The van der Waals surface area contributed by atoms with Crippen LogP contribution in [0.4, 0.5) is 0 Å². The van der Waals surface area contributed by atoms with Gasteiger partial charge in [-0.1, -0.05) is 41.4 Å². The van der Waals surface area contributed by atoms with E-state index in [-0.39, 0.29) is 40.1 Å². The van der Waals surface area contributed by atoms with Crippen LogP contribution in [0.1, 0.15) is 40.0 Å². The zero-order valence-electron chi connectivity index (χ0n) is 19.9. The van der Waals surface area contributed by atoms with E-state index in [1.165, 1.54) is 30.3 Å². The van der Waals surface area contributed by atoms with Crippen molar-refractivity contribution in [2.45, 2.75) is 19.5 Å². The molecule has 4 rings (SSSR count). The number of ether oxygens (including phenoxy) is 2. The Balaban J connectivity index is 1.78. The molecule has 1 aromatic heterocycles. The number of nitrogens with zero attached hydrogens (tertiary/aromatic N) is 2. The predicted molar refractivity (Wildman–Crippen MR) is 137 cm³/mol. The highest BCUT2D eigenvalue weighted by Gasteiger charge is 2.46. The summed E-state index contributed by atoms with van der Waals surface area (Å²) in [5, 5.41) is 11.5. The van der Waals surface area contributed by atoms with Crippen LogP contribution in [0.2, 0.25) is 10.0 Å². The number of hydrogen-bond acceptors (Lipinski definition) is 7. The highest BCUT2D eigenvalue weighted by atomic mass is 35.5. The highest BCUT2D eigenvalue weighted by molar-refractivity contribution is 6.46. The van der Waals surface area contributed by atoms with Gasteiger partial charge in [-0.3, -0.25) is 14.6 Å². The number of ketones is 1. The summed E-state index contributed by atoms with van der Waals surface area (Å²) >= 11 is 12.5. The Morgan fingerprint density at radius 1 is 1.08 bits per heavy atom. The molecule has 1 amide bonds. The van der Waals surface area contributed by atoms with Crippen molar-refractivity contribution in [2.24, 2.45) is 0 Å². The molecule has 1 N–H and O–H groups in total. The van der Waals surface area contributed by atoms with Gasteiger partial charge in [-0.15, -0.1) is 0 Å². The smallest absolute Gasteiger partial charge is 0.338 e. The second-order valence-corrected chi connectivity index (χ2v) is 8.92. The molecular weight excluding hydrogens is 519 g/mol. The first-order valence-electron chi connectivity index (χ1n) is 11.2. The van der Waals surface area contributed by atoms with E-state index in [0.29, 0.717) is 16.7 Å². The number of aromatic nitrogens is 1. The largest absolute Gasteiger partial charge is 0.507 e. The van der Waals surface area contributed by atoms with Gasteiger partial charge in [-0.05, 0) is 48.4 Å². The fourth-order valence-electron chi connectivity index (χ4n) is 4.13. The maximum atomic E-state index is 13.2. The standard InChI is InChI=1S/C27H22Cl2N2O6/c1-3-37-27(35)16-8-6-15(7-9-16)14-31-22(17-5-4-10-30-13-17)21(24(33)26(31)34)23(32)18-11-19(28)25(36-2)20(29)12-18/h4-13,22,32H,3,14H2,1-2H3/b23-21+. The number of likely N-dealkylation sites (tertiary alicyclic amines) is 1. The van der Waals surface area contributed by atoms with Crippen molar-refractivity contribution in [3.8, 4) is 5.75 Å². The van der Waals surface area contributed by atoms with Crippen LogP contribution in [0.3, 0.4) is 0 Å². The molecule has 1 aliphatic rings. The molecule has 0 spiro atoms. The highest BCUT2D eigenvalue weighted by Crippen LogP contribution is 2.42. The van der Waals surface area contributed by atoms with E-state index in [1.54, 1.807) is 49.5 Å². The molecule has 3 aromatic rings. The SMILES string of the molecule is CCOC(=O)c1ccc(CN2C(=O)C(=O)/C(=C(/O)c3cc(Cl)c(OC)c(Cl)c3)C2c2cccnc2)cc1. The third-order valence-corrected chi connectivity index (χ3v) is 6.40. The lowest BCUT2D eigenvalue weighted by molar-refractivity contribution is -0.140. The Kier molecular flexibility index (Phi) is 7.80. The van der Waals surface area contributed by atoms with Crippen molar-refractivity contribution < 1.29 is 29.0 Å². The van der Waals surface area contributed by atoms with Crippen molar-refractivity contribution in [2.75, 3.05) is 13.7 Å². The lowest BCUT2D eigenvalue weighted by Gasteiger charge is -2.25. The van der Waals surface area contributed by atoms with Crippen LogP contribution >= 0.6 is 23.2 Å². The number of esters is 1. The maximum absolute atomic E-state index is 13.2. The van der Waals surface area contributed by atoms with Gasteiger partial charge in [-0.25, -0.2) is 4.79 Å². The van der Waals surface area contributed by atoms with Gasteiger partial charge < -0.3 is 19.5 Å². The third-order valence-electron chi connectivity index (χ3n) is 5.83. The fraction of sp³-hybridized carbons (Fsp3) is 0.185. The zero-order valence-corrected chi connectivity index (χ0v) is 21.4. The molecule has 190 valence electrons. The van der Waals surface area contributed by atoms with Crippen LogP contribution in [0.15, 0.2) is 66.5 Å². The minimum atomic E-state index is -0.932. The molecule has 0 saturated carbocycles. The summed E-state index contributed by atoms with van der Waals surface area (Å²) in [5.41, 5.74) is 1.58. The number of carbonyl (C=O) groups is 3. The lowest BCUT2D eigenvalue weighted by atomic mass is 9.96. The third kappa shape index (κ3) is 5.16. The summed E-state index contributed by atoms with van der Waals surface area (Å²) < 4.78 is 10.2. The summed E-state index contributed by atoms with van der Waals surface area (Å²) in [4.78, 5) is 43.9. The van der Waals surface area contributed by atoms with E-state index in [0.717, 1.165) is 0 Å². The van der Waals surface area contributed by atoms with E-state index in [9.17, 15) is 19.5 Å². The van der Waals surface area contributed by atoms with Crippen molar-refractivity contribution in [3.63, 3.8) is 0 Å². The van der Waals surface area contributed by atoms with Gasteiger partial charge in [-0.2, -0.15) is 0 Å². The van der Waals surface area contributed by atoms with Gasteiger partial charge >= 0.3 is 5.97 Å². The van der Waals surface area contributed by atoms with Crippen molar-refractivity contribution in [1.82, 2.24) is 9.88 Å².